The zero-order valence-electron chi connectivity index (χ0n) is 14.6. The van der Waals surface area contributed by atoms with Crippen molar-refractivity contribution in [1.82, 2.24) is 4.72 Å². The number of fused-ring (bicyclic) bond motifs is 1. The molecule has 2 aromatic rings. The van der Waals surface area contributed by atoms with Crippen LogP contribution in [0.1, 0.15) is 6.92 Å². The standard InChI is InChI=1S/C18H19FN2O5S/c1-13(22)21(15-4-7-17-18(12-15)26-11-10-25-17)9-8-20-27(23,24)16-5-2-14(19)3-6-16/h2-7,12,20H,8-11H2,1H3. The van der Waals surface area contributed by atoms with Crippen LogP contribution in [0.25, 0.3) is 0 Å². The summed E-state index contributed by atoms with van der Waals surface area (Å²) in [6, 6.07) is 9.62. The lowest BCUT2D eigenvalue weighted by Crippen LogP contribution is -2.37. The van der Waals surface area contributed by atoms with E-state index in [0.29, 0.717) is 30.4 Å². The van der Waals surface area contributed by atoms with Crippen LogP contribution in [0.4, 0.5) is 10.1 Å². The van der Waals surface area contributed by atoms with Crippen LogP contribution in [-0.4, -0.2) is 40.6 Å². The number of carbonyl (C=O) groups is 1. The Kier molecular flexibility index (Phi) is 5.62. The first-order chi connectivity index (χ1) is 12.9. The summed E-state index contributed by atoms with van der Waals surface area (Å²) in [5, 5.41) is 0. The van der Waals surface area contributed by atoms with E-state index in [-0.39, 0.29) is 23.9 Å². The summed E-state index contributed by atoms with van der Waals surface area (Å²) < 4.78 is 50.8. The van der Waals surface area contributed by atoms with E-state index >= 15 is 0 Å². The third kappa shape index (κ3) is 4.55. The molecule has 0 spiro atoms. The molecule has 0 unspecified atom stereocenters. The molecule has 1 aliphatic rings. The highest BCUT2D eigenvalue weighted by Crippen LogP contribution is 2.34. The maximum Gasteiger partial charge on any atom is 0.240 e. The van der Waals surface area contributed by atoms with E-state index in [2.05, 4.69) is 4.72 Å². The molecule has 0 fully saturated rings. The van der Waals surface area contributed by atoms with Gasteiger partial charge in [-0.2, -0.15) is 0 Å². The van der Waals surface area contributed by atoms with Gasteiger partial charge in [0.1, 0.15) is 19.0 Å². The molecule has 0 bridgehead atoms. The number of nitrogens with zero attached hydrogens (tertiary/aromatic N) is 1. The second-order valence-electron chi connectivity index (χ2n) is 5.85. The number of rotatable bonds is 6. The molecule has 0 saturated heterocycles. The number of nitrogens with one attached hydrogen (secondary N) is 1. The van der Waals surface area contributed by atoms with E-state index in [4.69, 9.17) is 9.47 Å². The molecule has 144 valence electrons. The molecule has 0 aromatic heterocycles. The number of carbonyl (C=O) groups excluding carboxylic acids is 1. The highest BCUT2D eigenvalue weighted by atomic mass is 32.2. The van der Waals surface area contributed by atoms with Gasteiger partial charge in [-0.15, -0.1) is 0 Å². The van der Waals surface area contributed by atoms with Crippen LogP contribution in [0.2, 0.25) is 0 Å². The molecular formula is C18H19FN2O5S. The zero-order valence-corrected chi connectivity index (χ0v) is 15.5. The fraction of sp³-hybridized carbons (Fsp3) is 0.278. The second-order valence-corrected chi connectivity index (χ2v) is 7.62. The van der Waals surface area contributed by atoms with E-state index < -0.39 is 15.8 Å². The van der Waals surface area contributed by atoms with E-state index in [9.17, 15) is 17.6 Å². The van der Waals surface area contributed by atoms with Crippen LogP contribution in [0.15, 0.2) is 47.4 Å². The third-order valence-electron chi connectivity index (χ3n) is 3.97. The molecular weight excluding hydrogens is 375 g/mol. The molecule has 7 nitrogen and oxygen atoms in total. The van der Waals surface area contributed by atoms with Crippen LogP contribution >= 0.6 is 0 Å². The first-order valence-electron chi connectivity index (χ1n) is 8.30. The fourth-order valence-corrected chi connectivity index (χ4v) is 3.68. The van der Waals surface area contributed by atoms with Crippen molar-refractivity contribution in [2.24, 2.45) is 0 Å². The van der Waals surface area contributed by atoms with Gasteiger partial charge in [0.05, 0.1) is 4.90 Å². The van der Waals surface area contributed by atoms with Crippen LogP contribution in [0.3, 0.4) is 0 Å². The molecule has 9 heteroatoms. The molecule has 0 atom stereocenters. The topological polar surface area (TPSA) is 84.9 Å². The Morgan fingerprint density at radius 2 is 1.78 bits per heavy atom. The normalized spacial score (nSPS) is 13.3. The summed E-state index contributed by atoms with van der Waals surface area (Å²) in [4.78, 5) is 13.4. The number of hydrogen-bond donors (Lipinski definition) is 1. The van der Waals surface area contributed by atoms with Crippen molar-refractivity contribution >= 4 is 21.6 Å². The summed E-state index contributed by atoms with van der Waals surface area (Å²) in [6.45, 7) is 2.40. The van der Waals surface area contributed by atoms with Crippen molar-refractivity contribution in [3.05, 3.63) is 48.3 Å². The van der Waals surface area contributed by atoms with Crippen LogP contribution in [0, 0.1) is 5.82 Å². The first kappa shape index (κ1) is 19.1. The Balaban J connectivity index is 1.68. The third-order valence-corrected chi connectivity index (χ3v) is 5.45. The number of amides is 1. The Morgan fingerprint density at radius 3 is 2.44 bits per heavy atom. The number of hydrogen-bond acceptors (Lipinski definition) is 5. The quantitative estimate of drug-likeness (QED) is 0.809. The first-order valence-corrected chi connectivity index (χ1v) is 9.78. The average Bonchev–Trinajstić information content (AvgIpc) is 2.65. The van der Waals surface area contributed by atoms with Crippen molar-refractivity contribution < 1.29 is 27.1 Å². The summed E-state index contributed by atoms with van der Waals surface area (Å²) in [6.07, 6.45) is 0. The molecule has 0 aliphatic carbocycles. The number of benzene rings is 2. The number of halogens is 1. The van der Waals surface area contributed by atoms with E-state index in [1.165, 1.54) is 24.0 Å². The SMILES string of the molecule is CC(=O)N(CCNS(=O)(=O)c1ccc(F)cc1)c1ccc2c(c1)OCCO2. The molecule has 0 saturated carbocycles. The van der Waals surface area contributed by atoms with Gasteiger partial charge in [-0.1, -0.05) is 0 Å². The Labute approximate surface area is 156 Å². The predicted molar refractivity (Wildman–Crippen MR) is 97.0 cm³/mol. The molecule has 0 radical (unpaired) electrons. The van der Waals surface area contributed by atoms with Crippen molar-refractivity contribution in [1.29, 1.82) is 0 Å². The van der Waals surface area contributed by atoms with Crippen LogP contribution in [-0.2, 0) is 14.8 Å². The van der Waals surface area contributed by atoms with Gasteiger partial charge in [-0.25, -0.2) is 17.5 Å². The van der Waals surface area contributed by atoms with E-state index in [1.807, 2.05) is 0 Å². The monoisotopic (exact) mass is 394 g/mol. The molecule has 1 heterocycles. The zero-order chi connectivity index (χ0) is 19.4. The lowest BCUT2D eigenvalue weighted by Gasteiger charge is -2.24. The summed E-state index contributed by atoms with van der Waals surface area (Å²) in [5.41, 5.74) is 0.577. The van der Waals surface area contributed by atoms with Gasteiger partial charge in [-0.05, 0) is 36.4 Å². The minimum absolute atomic E-state index is 0.00622. The van der Waals surface area contributed by atoms with Crippen LogP contribution in [0.5, 0.6) is 11.5 Å². The predicted octanol–water partition coefficient (Wildman–Crippen LogP) is 1.93. The summed E-state index contributed by atoms with van der Waals surface area (Å²) in [7, 11) is -3.79. The number of anilines is 1. The van der Waals surface area contributed by atoms with Gasteiger partial charge in [0.25, 0.3) is 0 Å². The van der Waals surface area contributed by atoms with Crippen LogP contribution < -0.4 is 19.1 Å². The van der Waals surface area contributed by atoms with Gasteiger partial charge in [0.2, 0.25) is 15.9 Å². The van der Waals surface area contributed by atoms with Gasteiger partial charge in [-0.3, -0.25) is 4.79 Å². The van der Waals surface area contributed by atoms with E-state index in [0.717, 1.165) is 12.1 Å². The molecule has 1 N–H and O–H groups in total. The van der Waals surface area contributed by atoms with Crippen molar-refractivity contribution in [3.8, 4) is 11.5 Å². The molecule has 3 rings (SSSR count). The Morgan fingerprint density at radius 1 is 1.11 bits per heavy atom. The fourth-order valence-electron chi connectivity index (χ4n) is 2.66. The minimum Gasteiger partial charge on any atom is -0.486 e. The molecule has 2 aromatic carbocycles. The number of sulfonamides is 1. The minimum atomic E-state index is -3.79. The second kappa shape index (κ2) is 7.93. The average molecular weight is 394 g/mol. The lowest BCUT2D eigenvalue weighted by molar-refractivity contribution is -0.116. The largest absolute Gasteiger partial charge is 0.486 e. The maximum atomic E-state index is 13.0. The highest BCUT2D eigenvalue weighted by molar-refractivity contribution is 7.89. The number of ether oxygens (including phenoxy) is 2. The van der Waals surface area contributed by atoms with Crippen molar-refractivity contribution in [2.75, 3.05) is 31.2 Å². The van der Waals surface area contributed by atoms with Crippen molar-refractivity contribution in [3.63, 3.8) is 0 Å². The van der Waals surface area contributed by atoms with Gasteiger partial charge >= 0.3 is 0 Å². The van der Waals surface area contributed by atoms with Gasteiger partial charge < -0.3 is 14.4 Å². The molecule has 1 aliphatic heterocycles. The lowest BCUT2D eigenvalue weighted by atomic mass is 10.2. The van der Waals surface area contributed by atoms with Crippen molar-refractivity contribution in [2.45, 2.75) is 11.8 Å². The van der Waals surface area contributed by atoms with Gasteiger partial charge in [0, 0.05) is 31.8 Å². The summed E-state index contributed by atoms with van der Waals surface area (Å²) in [5.74, 6) is 0.380. The Bertz CT molecular complexity index is 931. The highest BCUT2D eigenvalue weighted by Gasteiger charge is 2.19. The Hall–Kier alpha value is -2.65. The smallest absolute Gasteiger partial charge is 0.240 e. The summed E-state index contributed by atoms with van der Waals surface area (Å²) >= 11 is 0. The molecule has 1 amide bonds. The van der Waals surface area contributed by atoms with Gasteiger partial charge in [0.15, 0.2) is 11.5 Å². The van der Waals surface area contributed by atoms with E-state index in [1.54, 1.807) is 18.2 Å². The molecule has 27 heavy (non-hydrogen) atoms. The maximum absolute atomic E-state index is 13.0.